The zero-order valence-electron chi connectivity index (χ0n) is 61.8. The number of nitrogens with one attached hydrogen (secondary N) is 1. The third kappa shape index (κ3) is 21.5. The number of amides is 2. The first-order chi connectivity index (χ1) is 52.2. The second kappa shape index (κ2) is 41.1. The van der Waals surface area contributed by atoms with Crippen molar-refractivity contribution < 1.29 is 70.7 Å². The van der Waals surface area contributed by atoms with Gasteiger partial charge in [-0.15, -0.1) is 0 Å². The van der Waals surface area contributed by atoms with E-state index in [0.717, 1.165) is 5.69 Å². The number of hydrogen-bond donors (Lipinski definition) is 5. The number of aldehydes is 1. The molecule has 110 heavy (non-hydrogen) atoms. The minimum atomic E-state index is -4.67. The number of hydrogen-bond acceptors (Lipinski definition) is 21. The number of morpholine rings is 1. The molecule has 0 spiro atoms. The molecule has 1 fully saturated rings. The van der Waals surface area contributed by atoms with Crippen molar-refractivity contribution in [3.05, 3.63) is 260 Å². The van der Waals surface area contributed by atoms with Crippen molar-refractivity contribution in [2.75, 3.05) is 31.8 Å². The van der Waals surface area contributed by atoms with Crippen LogP contribution in [0.2, 0.25) is 0 Å². The molecule has 1 aliphatic rings. The molecule has 5 aromatic heterocycles. The third-order valence-electron chi connectivity index (χ3n) is 16.6. The van der Waals surface area contributed by atoms with Gasteiger partial charge in [0.05, 0.1) is 87.4 Å². The van der Waals surface area contributed by atoms with E-state index in [1.165, 1.54) is 23.4 Å². The maximum Gasteiger partial charge on any atom is 0.394 e. The van der Waals surface area contributed by atoms with Crippen molar-refractivity contribution >= 4 is 56.4 Å². The normalized spacial score (nSPS) is 12.8. The largest absolute Gasteiger partial charge is 0.464 e. The van der Waals surface area contributed by atoms with Gasteiger partial charge in [0.15, 0.2) is 30.7 Å². The number of rotatable bonds is 16. The van der Waals surface area contributed by atoms with Crippen molar-refractivity contribution in [2.24, 2.45) is 35.2 Å². The highest BCUT2D eigenvalue weighted by atomic mass is 79.9. The Labute approximate surface area is 638 Å². The molecule has 0 aliphatic carbocycles. The molecule has 0 radical (unpaired) electrons. The van der Waals surface area contributed by atoms with Crippen molar-refractivity contribution in [3.8, 4) is 46.6 Å². The number of halogens is 1. The lowest BCUT2D eigenvalue weighted by molar-refractivity contribution is -0.156. The first-order valence-electron chi connectivity index (χ1n) is 33.0. The SMILES string of the molecule is CCOC(=O)C(O)c1c(C)n(C)n(-c2ccccc2)c1=O.CCOC(=O)C(OCC#N)c1c(C)n(C)n(-c2ccccc2)c1=O.Cc1c(C(O)C#N)c(=O)n(-c2ccccc2)n1C.Cc1c(C2OCC(=O)NC2=O)c(=O)n(-c2ccccc2)n1C.Cc1c(C=O)c(=O)n(-c2ccccc2)n1C.N#CCBr.O=S(=O)(O)O. The molecule has 5 aromatic carbocycles. The van der Waals surface area contributed by atoms with Crippen molar-refractivity contribution in [1.29, 1.82) is 15.8 Å². The molecule has 5 N–H and O–H groups in total. The van der Waals surface area contributed by atoms with E-state index < -0.39 is 64.1 Å². The zero-order valence-corrected chi connectivity index (χ0v) is 64.2. The maximum absolute atomic E-state index is 12.9. The first-order valence-corrected chi connectivity index (χ1v) is 35.5. The van der Waals surface area contributed by atoms with Gasteiger partial charge in [-0.25, -0.2) is 33.0 Å². The number of ether oxygens (including phenoxy) is 4. The molecule has 1 aliphatic heterocycles. The molecule has 4 unspecified atom stereocenters. The monoisotopic (exact) mass is 1600 g/mol. The number of esters is 2. The van der Waals surface area contributed by atoms with Gasteiger partial charge >= 0.3 is 22.3 Å². The Bertz CT molecular complexity index is 5430. The van der Waals surface area contributed by atoms with Gasteiger partial charge in [0.1, 0.15) is 18.8 Å². The van der Waals surface area contributed by atoms with Gasteiger partial charge in [-0.05, 0) is 109 Å². The van der Waals surface area contributed by atoms with E-state index in [4.69, 9.17) is 52.3 Å². The highest BCUT2D eigenvalue weighted by molar-refractivity contribution is 9.09. The molecule has 4 atom stereocenters. The summed E-state index contributed by atoms with van der Waals surface area (Å²) in [5, 5.41) is 47.3. The van der Waals surface area contributed by atoms with E-state index in [-0.39, 0.29) is 76.5 Å². The average molecular weight is 1600 g/mol. The molecular formula is C74H81BrN14O20S. The van der Waals surface area contributed by atoms with Gasteiger partial charge in [0.25, 0.3) is 39.6 Å². The Kier molecular flexibility index (Phi) is 32.9. The summed E-state index contributed by atoms with van der Waals surface area (Å²) in [6.07, 6.45) is -4.66. The molecule has 36 heteroatoms. The maximum atomic E-state index is 12.9. The number of benzene rings is 5. The molecule has 0 bridgehead atoms. The number of aromatic nitrogens is 10. The van der Waals surface area contributed by atoms with E-state index in [1.54, 1.807) is 162 Å². The van der Waals surface area contributed by atoms with Gasteiger partial charge in [-0.1, -0.05) is 107 Å². The predicted octanol–water partition coefficient (Wildman–Crippen LogP) is 5.50. The molecule has 0 saturated carbocycles. The first kappa shape index (κ1) is 88.2. The minimum Gasteiger partial charge on any atom is -0.464 e. The molecule has 10 aromatic rings. The summed E-state index contributed by atoms with van der Waals surface area (Å²) in [5.74, 6) is -2.61. The number of alkyl halides is 1. The van der Waals surface area contributed by atoms with Gasteiger partial charge in [-0.2, -0.15) is 24.2 Å². The molecular weight excluding hydrogens is 1520 g/mol. The van der Waals surface area contributed by atoms with Crippen LogP contribution in [0.3, 0.4) is 0 Å². The van der Waals surface area contributed by atoms with E-state index in [9.17, 15) is 58.2 Å². The van der Waals surface area contributed by atoms with Crippen LogP contribution in [0, 0.1) is 68.6 Å². The number of carbonyl (C=O) groups is 5. The summed E-state index contributed by atoms with van der Waals surface area (Å²) in [7, 11) is 3.97. The van der Waals surface area contributed by atoms with Gasteiger partial charge in [0.2, 0.25) is 0 Å². The molecule has 34 nitrogen and oxygen atoms in total. The number of imide groups is 1. The van der Waals surface area contributed by atoms with Gasteiger partial charge in [0, 0.05) is 63.7 Å². The van der Waals surface area contributed by atoms with Crippen LogP contribution >= 0.6 is 15.9 Å². The second-order valence-corrected chi connectivity index (χ2v) is 24.6. The van der Waals surface area contributed by atoms with E-state index in [2.05, 4.69) is 21.2 Å². The van der Waals surface area contributed by atoms with Crippen molar-refractivity contribution in [2.45, 2.75) is 72.9 Å². The lowest BCUT2D eigenvalue weighted by Gasteiger charge is -2.20. The Morgan fingerprint density at radius 3 is 1.21 bits per heavy atom. The van der Waals surface area contributed by atoms with Crippen LogP contribution in [-0.4, -0.2) is 136 Å². The number of aliphatic hydroxyl groups excluding tert-OH is 2. The van der Waals surface area contributed by atoms with E-state index in [1.807, 2.05) is 115 Å². The summed E-state index contributed by atoms with van der Waals surface area (Å²) in [4.78, 5) is 120. The number of para-hydroxylation sites is 5. The number of nitrogens with zero attached hydrogens (tertiary/aromatic N) is 13. The molecule has 11 rings (SSSR count). The Morgan fingerprint density at radius 1 is 0.536 bits per heavy atom. The highest BCUT2D eigenvalue weighted by Crippen LogP contribution is 2.25. The average Bonchev–Trinajstić information content (AvgIpc) is 1.66. The zero-order chi connectivity index (χ0) is 82.0. The standard InChI is InChI=1S/C17H19N3O4.C15H15N3O4.C15H18N2O4.C13H13N3O2.C12H12N2O2.C2H2BrN.H2O4S/c1-4-23-17(22)15(24-11-10-18)14-12(2)19(3)20(16(14)21)13-8-6-5-7-9-13;1-9-12(13-14(20)16-11(19)8-22-13)15(21)18(17(9)2)10-6-4-3-5-7-10;1-4-21-15(20)13(18)12-10(2)16(3)17(14(12)19)11-8-6-5-7-9-11;1-9-12(11(17)8-14)13(18)16(15(9)2)10-6-4-3-5-7-10;1-9-11(8-15)12(16)14(13(9)2)10-6-4-3-5-7-10;3-1-2-4;1-5(2,3)4/h5-9,15H,4,11H2,1-3H3;3-7,13H,8H2,1-2H3,(H,16,19,20);5-9,13,18H,4H2,1-3H3;3-7,11,17H,1-2H3;3-8H,1-2H3;1H2;(H2,1,2,3,4). The fourth-order valence-corrected chi connectivity index (χ4v) is 11.0. The third-order valence-corrected chi connectivity index (χ3v) is 16.8. The highest BCUT2D eigenvalue weighted by Gasteiger charge is 2.36. The van der Waals surface area contributed by atoms with Crippen LogP contribution in [0.1, 0.15) is 99.3 Å². The van der Waals surface area contributed by atoms with Crippen LogP contribution < -0.4 is 33.1 Å². The molecule has 6 heterocycles. The molecule has 580 valence electrons. The topological polar surface area (TPSA) is 455 Å². The fourth-order valence-electron chi connectivity index (χ4n) is 11.0. The quantitative estimate of drug-likeness (QED) is 0.0199. The van der Waals surface area contributed by atoms with Crippen molar-refractivity contribution in [3.63, 3.8) is 0 Å². The summed E-state index contributed by atoms with van der Waals surface area (Å²) < 4.78 is 67.4. The summed E-state index contributed by atoms with van der Waals surface area (Å²) >= 11 is 2.89. The van der Waals surface area contributed by atoms with Crippen LogP contribution in [-0.2, 0) is 83.8 Å². The number of carbonyl (C=O) groups excluding carboxylic acids is 5. The minimum absolute atomic E-state index is 0.0415. The molecule has 2 amide bonds. The van der Waals surface area contributed by atoms with Crippen LogP contribution in [0.5, 0.6) is 0 Å². The Balaban J connectivity index is 0.000000240. The predicted molar refractivity (Wildman–Crippen MR) is 403 cm³/mol. The van der Waals surface area contributed by atoms with E-state index in [0.29, 0.717) is 62.8 Å². The fraction of sp³-hybridized carbons (Fsp3) is 0.284. The summed E-state index contributed by atoms with van der Waals surface area (Å²) in [5.41, 5.74) is 5.46. The Hall–Kier alpha value is -12.4. The summed E-state index contributed by atoms with van der Waals surface area (Å²) in [6.45, 7) is 11.7. The van der Waals surface area contributed by atoms with E-state index >= 15 is 0 Å². The molecule has 1 saturated heterocycles. The van der Waals surface area contributed by atoms with Crippen LogP contribution in [0.15, 0.2) is 176 Å². The smallest absolute Gasteiger partial charge is 0.394 e. The van der Waals surface area contributed by atoms with Crippen molar-refractivity contribution in [1.82, 2.24) is 52.1 Å². The van der Waals surface area contributed by atoms with Gasteiger partial charge in [-0.3, -0.25) is 76.2 Å². The van der Waals surface area contributed by atoms with Gasteiger partial charge < -0.3 is 29.2 Å². The Morgan fingerprint density at radius 2 is 0.864 bits per heavy atom. The van der Waals surface area contributed by atoms with Crippen LogP contribution in [0.25, 0.3) is 28.4 Å². The summed E-state index contributed by atoms with van der Waals surface area (Å²) in [6, 6.07) is 50.9. The number of aliphatic hydroxyl groups is 2. The second-order valence-electron chi connectivity index (χ2n) is 23.1. The lowest BCUT2D eigenvalue weighted by Crippen LogP contribution is -2.45. The lowest BCUT2D eigenvalue weighted by atomic mass is 10.1. The van der Waals surface area contributed by atoms with Crippen LogP contribution in [0.4, 0.5) is 0 Å². The number of nitriles is 3.